The van der Waals surface area contributed by atoms with Crippen LogP contribution in [0.5, 0.6) is 5.75 Å². The minimum Gasteiger partial charge on any atom is -0.495 e. The smallest absolute Gasteiger partial charge is 0.193 e. The summed E-state index contributed by atoms with van der Waals surface area (Å²) >= 11 is 0. The van der Waals surface area contributed by atoms with Gasteiger partial charge >= 0.3 is 0 Å². The molecule has 0 heterocycles. The van der Waals surface area contributed by atoms with Crippen molar-refractivity contribution in [3.8, 4) is 5.75 Å². The second-order valence-electron chi connectivity index (χ2n) is 4.05. The Morgan fingerprint density at radius 2 is 2.00 bits per heavy atom. The van der Waals surface area contributed by atoms with Crippen molar-refractivity contribution in [2.45, 2.75) is 6.42 Å². The molecular formula is C14H23N3O3. The molecule has 0 aliphatic carbocycles. The molecule has 1 aromatic carbocycles. The van der Waals surface area contributed by atoms with Crippen molar-refractivity contribution in [2.75, 3.05) is 45.9 Å². The van der Waals surface area contributed by atoms with E-state index < -0.39 is 0 Å². The van der Waals surface area contributed by atoms with Gasteiger partial charge in [-0.05, 0) is 18.6 Å². The SMILES string of the molecule is COCCOCCCN=C(N)Nc1ccccc1OC. The summed E-state index contributed by atoms with van der Waals surface area (Å²) in [5.41, 5.74) is 6.61. The molecule has 0 saturated heterocycles. The average Bonchev–Trinajstić information content (AvgIpc) is 2.47. The minimum absolute atomic E-state index is 0.367. The lowest BCUT2D eigenvalue weighted by molar-refractivity contribution is 0.0702. The second kappa shape index (κ2) is 10.1. The Morgan fingerprint density at radius 3 is 2.75 bits per heavy atom. The summed E-state index contributed by atoms with van der Waals surface area (Å²) < 4.78 is 15.4. The number of nitrogens with zero attached hydrogens (tertiary/aromatic N) is 1. The van der Waals surface area contributed by atoms with E-state index in [1.165, 1.54) is 0 Å². The molecule has 0 amide bonds. The molecule has 6 nitrogen and oxygen atoms in total. The Labute approximate surface area is 119 Å². The molecule has 0 fully saturated rings. The van der Waals surface area contributed by atoms with Crippen LogP contribution in [-0.2, 0) is 9.47 Å². The van der Waals surface area contributed by atoms with E-state index in [4.69, 9.17) is 19.9 Å². The van der Waals surface area contributed by atoms with Gasteiger partial charge in [0.25, 0.3) is 0 Å². The Morgan fingerprint density at radius 1 is 1.20 bits per heavy atom. The van der Waals surface area contributed by atoms with Gasteiger partial charge in [-0.25, -0.2) is 0 Å². The summed E-state index contributed by atoms with van der Waals surface area (Å²) in [5, 5.41) is 3.01. The van der Waals surface area contributed by atoms with Crippen LogP contribution in [0.2, 0.25) is 0 Å². The number of methoxy groups -OCH3 is 2. The zero-order valence-corrected chi connectivity index (χ0v) is 12.1. The number of rotatable bonds is 9. The first-order valence-corrected chi connectivity index (χ1v) is 6.54. The molecular weight excluding hydrogens is 258 g/mol. The average molecular weight is 281 g/mol. The van der Waals surface area contributed by atoms with Crippen LogP contribution in [0.4, 0.5) is 5.69 Å². The Hall–Kier alpha value is -1.79. The molecule has 3 N–H and O–H groups in total. The number of nitrogens with one attached hydrogen (secondary N) is 1. The van der Waals surface area contributed by atoms with Crippen molar-refractivity contribution in [3.05, 3.63) is 24.3 Å². The van der Waals surface area contributed by atoms with Gasteiger partial charge in [-0.2, -0.15) is 0 Å². The number of hydrogen-bond acceptors (Lipinski definition) is 4. The molecule has 0 unspecified atom stereocenters. The topological polar surface area (TPSA) is 78.1 Å². The van der Waals surface area contributed by atoms with E-state index in [2.05, 4.69) is 10.3 Å². The lowest BCUT2D eigenvalue weighted by atomic mass is 10.3. The summed E-state index contributed by atoms with van der Waals surface area (Å²) in [6, 6.07) is 7.55. The predicted octanol–water partition coefficient (Wildman–Crippen LogP) is 1.47. The van der Waals surface area contributed by atoms with Crippen molar-refractivity contribution < 1.29 is 14.2 Å². The minimum atomic E-state index is 0.367. The molecule has 0 aromatic heterocycles. The fraction of sp³-hybridized carbons (Fsp3) is 0.500. The zero-order valence-electron chi connectivity index (χ0n) is 12.1. The molecule has 0 aliphatic heterocycles. The number of nitrogens with two attached hydrogens (primary N) is 1. The van der Waals surface area contributed by atoms with Gasteiger partial charge < -0.3 is 25.3 Å². The van der Waals surface area contributed by atoms with Crippen LogP contribution >= 0.6 is 0 Å². The second-order valence-corrected chi connectivity index (χ2v) is 4.05. The van der Waals surface area contributed by atoms with Gasteiger partial charge in [0.1, 0.15) is 5.75 Å². The predicted molar refractivity (Wildman–Crippen MR) is 80.4 cm³/mol. The van der Waals surface area contributed by atoms with Gasteiger partial charge in [-0.15, -0.1) is 0 Å². The molecule has 0 radical (unpaired) electrons. The number of para-hydroxylation sites is 2. The zero-order chi connectivity index (χ0) is 14.6. The van der Waals surface area contributed by atoms with Crippen LogP contribution in [0.15, 0.2) is 29.3 Å². The van der Waals surface area contributed by atoms with E-state index in [0.717, 1.165) is 17.9 Å². The molecule has 0 bridgehead atoms. The van der Waals surface area contributed by atoms with E-state index in [-0.39, 0.29) is 0 Å². The van der Waals surface area contributed by atoms with E-state index in [1.54, 1.807) is 14.2 Å². The van der Waals surface area contributed by atoms with Crippen molar-refractivity contribution in [3.63, 3.8) is 0 Å². The van der Waals surface area contributed by atoms with Gasteiger partial charge in [-0.3, -0.25) is 4.99 Å². The first-order valence-electron chi connectivity index (χ1n) is 6.54. The van der Waals surface area contributed by atoms with Crippen LogP contribution in [0.1, 0.15) is 6.42 Å². The molecule has 6 heteroatoms. The van der Waals surface area contributed by atoms with Crippen LogP contribution in [0.25, 0.3) is 0 Å². The number of anilines is 1. The summed E-state index contributed by atoms with van der Waals surface area (Å²) in [6.07, 6.45) is 0.817. The number of aliphatic imine (C=N–C) groups is 1. The molecule has 0 aliphatic rings. The van der Waals surface area contributed by atoms with Gasteiger partial charge in [0.15, 0.2) is 5.96 Å². The molecule has 0 saturated carbocycles. The van der Waals surface area contributed by atoms with Gasteiger partial charge in [0, 0.05) is 20.3 Å². The maximum Gasteiger partial charge on any atom is 0.193 e. The maximum absolute atomic E-state index is 5.81. The highest BCUT2D eigenvalue weighted by Gasteiger charge is 2.01. The largest absolute Gasteiger partial charge is 0.495 e. The first-order chi connectivity index (χ1) is 9.77. The number of ether oxygens (including phenoxy) is 3. The van der Waals surface area contributed by atoms with E-state index in [0.29, 0.717) is 32.3 Å². The third kappa shape index (κ3) is 6.40. The number of benzene rings is 1. The first kappa shape index (κ1) is 16.3. The van der Waals surface area contributed by atoms with Crippen molar-refractivity contribution in [1.29, 1.82) is 0 Å². The summed E-state index contributed by atoms with van der Waals surface area (Å²) in [4.78, 5) is 4.23. The lowest BCUT2D eigenvalue weighted by Gasteiger charge is -2.10. The quantitative estimate of drug-likeness (QED) is 0.407. The molecule has 0 atom stereocenters. The molecule has 0 spiro atoms. The molecule has 20 heavy (non-hydrogen) atoms. The third-order valence-corrected chi connectivity index (χ3v) is 2.53. The lowest BCUT2D eigenvalue weighted by Crippen LogP contribution is -2.23. The molecule has 1 rings (SSSR count). The third-order valence-electron chi connectivity index (χ3n) is 2.53. The van der Waals surface area contributed by atoms with Crippen molar-refractivity contribution >= 4 is 11.6 Å². The Bertz CT molecular complexity index is 410. The summed E-state index contributed by atoms with van der Waals surface area (Å²) in [6.45, 7) is 2.48. The van der Waals surface area contributed by atoms with Crippen molar-refractivity contribution in [2.24, 2.45) is 10.7 Å². The van der Waals surface area contributed by atoms with E-state index in [9.17, 15) is 0 Å². The van der Waals surface area contributed by atoms with Gasteiger partial charge in [-0.1, -0.05) is 12.1 Å². The Kier molecular flexibility index (Phi) is 8.17. The highest BCUT2D eigenvalue weighted by atomic mass is 16.5. The number of hydrogen-bond donors (Lipinski definition) is 2. The number of guanidine groups is 1. The fourth-order valence-electron chi connectivity index (χ4n) is 1.54. The monoisotopic (exact) mass is 281 g/mol. The van der Waals surface area contributed by atoms with Gasteiger partial charge in [0.05, 0.1) is 26.0 Å². The Balaban J connectivity index is 2.27. The van der Waals surface area contributed by atoms with Crippen LogP contribution in [0, 0.1) is 0 Å². The van der Waals surface area contributed by atoms with Gasteiger partial charge in [0.2, 0.25) is 0 Å². The highest BCUT2D eigenvalue weighted by molar-refractivity contribution is 5.93. The molecule has 1 aromatic rings. The van der Waals surface area contributed by atoms with E-state index in [1.807, 2.05) is 24.3 Å². The van der Waals surface area contributed by atoms with Crippen LogP contribution < -0.4 is 15.8 Å². The fourth-order valence-corrected chi connectivity index (χ4v) is 1.54. The van der Waals surface area contributed by atoms with Crippen molar-refractivity contribution in [1.82, 2.24) is 0 Å². The highest BCUT2D eigenvalue weighted by Crippen LogP contribution is 2.22. The van der Waals surface area contributed by atoms with E-state index >= 15 is 0 Å². The van der Waals surface area contributed by atoms with Crippen LogP contribution in [-0.4, -0.2) is 46.5 Å². The summed E-state index contributed by atoms with van der Waals surface area (Å²) in [5.74, 6) is 1.10. The van der Waals surface area contributed by atoms with Crippen LogP contribution in [0.3, 0.4) is 0 Å². The normalized spacial score (nSPS) is 11.4. The summed E-state index contributed by atoms with van der Waals surface area (Å²) in [7, 11) is 3.27. The molecule has 112 valence electrons. The maximum atomic E-state index is 5.81. The standard InChI is InChI=1S/C14H23N3O3/c1-18-10-11-20-9-5-8-16-14(15)17-12-6-3-4-7-13(12)19-2/h3-4,6-7H,5,8-11H2,1-2H3,(H3,15,16,17).